The van der Waals surface area contributed by atoms with E-state index in [1.807, 2.05) is 103 Å². The normalized spacial score (nSPS) is 66.9. The lowest BCUT2D eigenvalue weighted by atomic mass is 9.54. The van der Waals surface area contributed by atoms with Crippen LogP contribution in [0, 0.1) is 94.7 Å². The zero-order chi connectivity index (χ0) is 40.8. The van der Waals surface area contributed by atoms with Gasteiger partial charge in [0, 0.05) is 15.2 Å². The average molecular weight is 908 g/mol. The molecule has 16 saturated carbocycles. The SMILES string of the molecule is CC(C)(C)[Si](C)(C)[Si]12C[Si]([Si]34C[Si]([Si](C)(C)C(C)(C)C)(C35C3CC6CC(C3)CC5C6)C43C4CC5CC(C4)CC3C5)(C13C1CC4CC(C1)CC3C4)C21C2CC3CC(C2)CC1C3. The van der Waals surface area contributed by atoms with Crippen LogP contribution < -0.4 is 0 Å². The molecule has 0 atom stereocenters. The van der Waals surface area contributed by atoms with E-state index in [2.05, 4.69) is 79.1 Å². The van der Waals surface area contributed by atoms with Crippen molar-refractivity contribution in [3.05, 3.63) is 0 Å². The minimum atomic E-state index is -1.76. The smallest absolute Gasteiger partial charge is 0.0531 e. The summed E-state index contributed by atoms with van der Waals surface area (Å²) in [5.74, 6) is 19.7. The molecule has 60 heavy (non-hydrogen) atoms. The van der Waals surface area contributed by atoms with E-state index in [0.717, 1.165) is 18.6 Å². The molecular formula is C54H90Si6. The fourth-order valence-corrected chi connectivity index (χ4v) is 195. The molecule has 16 aliphatic carbocycles. The monoisotopic (exact) mass is 907 g/mol. The molecule has 6 aliphatic heterocycles. The van der Waals surface area contributed by atoms with Gasteiger partial charge in [0.05, 0.1) is 30.4 Å². The second-order valence-electron chi connectivity index (χ2n) is 32.4. The third-order valence-corrected chi connectivity index (χ3v) is 125. The van der Waals surface area contributed by atoms with Gasteiger partial charge in [0.2, 0.25) is 0 Å². The van der Waals surface area contributed by atoms with Crippen molar-refractivity contribution in [1.82, 2.24) is 0 Å². The first kappa shape index (κ1) is 38.3. The van der Waals surface area contributed by atoms with E-state index >= 15 is 0 Å². The van der Waals surface area contributed by atoms with Crippen molar-refractivity contribution < 1.29 is 0 Å². The Morgan fingerprint density at radius 3 is 0.617 bits per heavy atom. The maximum Gasteiger partial charge on any atom is 0.0531 e. The summed E-state index contributed by atoms with van der Waals surface area (Å²) in [6.07, 6.45) is 35.8. The number of hydrogen-bond donors (Lipinski definition) is 0. The Morgan fingerprint density at radius 1 is 0.300 bits per heavy atom. The average Bonchev–Trinajstić information content (AvgIpc) is 3.09. The number of hydrogen-bond acceptors (Lipinski definition) is 0. The van der Waals surface area contributed by atoms with Crippen molar-refractivity contribution in [1.29, 1.82) is 0 Å². The Hall–Kier alpha value is 1.30. The summed E-state index contributed by atoms with van der Waals surface area (Å²) in [5, 5.41) is 1.20. The predicted octanol–water partition coefficient (Wildman–Crippen LogP) is 15.1. The second-order valence-corrected chi connectivity index (χ2v) is 78.4. The number of rotatable bonds is 3. The molecule has 0 aromatic carbocycles. The molecular weight excluding hydrogens is 817 g/mol. The molecule has 0 aromatic rings. The van der Waals surface area contributed by atoms with Crippen molar-refractivity contribution in [3.63, 3.8) is 0 Å². The van der Waals surface area contributed by atoms with Gasteiger partial charge in [0.15, 0.2) is 0 Å². The van der Waals surface area contributed by atoms with E-state index in [1.165, 1.54) is 94.7 Å². The molecule has 22 fully saturated rings. The van der Waals surface area contributed by atoms with Crippen LogP contribution in [0.5, 0.6) is 0 Å². The van der Waals surface area contributed by atoms with Crippen LogP contribution in [0.15, 0.2) is 0 Å². The van der Waals surface area contributed by atoms with E-state index in [9.17, 15) is 0 Å². The maximum absolute atomic E-state index is 3.27. The second kappa shape index (κ2) is 10.3. The highest BCUT2D eigenvalue weighted by molar-refractivity contribution is 7.85. The van der Waals surface area contributed by atoms with Gasteiger partial charge in [0.1, 0.15) is 0 Å². The molecule has 0 amide bonds. The van der Waals surface area contributed by atoms with E-state index < -0.39 is 45.5 Å². The molecule has 22 aliphatic rings. The molecule has 0 aromatic heterocycles. The third-order valence-electron chi connectivity index (χ3n) is 31.0. The first-order valence-corrected chi connectivity index (χ1v) is 46.1. The Bertz CT molecular complexity index is 1650. The molecule has 0 nitrogen and oxygen atoms in total. The third kappa shape index (κ3) is 3.02. The Labute approximate surface area is 374 Å². The van der Waals surface area contributed by atoms with Gasteiger partial charge in [-0.25, -0.2) is 0 Å². The zero-order valence-electron chi connectivity index (χ0n) is 40.8. The lowest BCUT2D eigenvalue weighted by Gasteiger charge is -3.15. The van der Waals surface area contributed by atoms with Crippen LogP contribution in [0.1, 0.15) is 170 Å². The Balaban J connectivity index is 1.06. The molecule has 6 heteroatoms. The van der Waals surface area contributed by atoms with Gasteiger partial charge in [-0.15, -0.1) is 0 Å². The van der Waals surface area contributed by atoms with Crippen molar-refractivity contribution in [3.8, 4) is 0 Å². The lowest BCUT2D eigenvalue weighted by Crippen LogP contribution is -3.25. The molecule has 22 rings (SSSR count). The van der Waals surface area contributed by atoms with Crippen LogP contribution in [0.3, 0.4) is 0 Å². The Kier molecular flexibility index (Phi) is 6.59. The van der Waals surface area contributed by atoms with Crippen LogP contribution in [0.4, 0.5) is 0 Å². The standard InChI is InChI=1S/C54H90Si6/c1-49(2,3)55(7,8)57-31-59(51(57)41-15-33-11-34(17-41)18-42(51)16-33,52(57)43-19-35-12-36(21-43)22-44(52)20-35)60-32-58(56(9,10)50(4,5)6,53(60)45-23-37-13-38(25-45)26-46(53)24-37)54(60)47-27-39-14-40(29-47)30-48(54)28-39/h33-48H,11-32H2,1-10H3. The maximum atomic E-state index is 3.27. The summed E-state index contributed by atoms with van der Waals surface area (Å²) in [5.41, 5.74) is 4.36. The van der Waals surface area contributed by atoms with Crippen molar-refractivity contribution in [2.75, 3.05) is 0 Å². The topological polar surface area (TPSA) is 0 Å². The largest absolute Gasteiger partial charge is 0.0709 e. The lowest BCUT2D eigenvalue weighted by molar-refractivity contribution is -0.0637. The highest BCUT2D eigenvalue weighted by Crippen LogP contribution is 3.13. The van der Waals surface area contributed by atoms with E-state index in [4.69, 9.17) is 0 Å². The molecule has 4 spiro atoms. The minimum absolute atomic E-state index is 0.599. The van der Waals surface area contributed by atoms with Gasteiger partial charge >= 0.3 is 0 Å². The molecule has 0 radical (unpaired) electrons. The van der Waals surface area contributed by atoms with Gasteiger partial charge in [-0.1, -0.05) is 79.1 Å². The highest BCUT2D eigenvalue weighted by atomic mass is 29.4. The van der Waals surface area contributed by atoms with Crippen molar-refractivity contribution >= 4 is 45.5 Å². The quantitative estimate of drug-likeness (QED) is 0.248. The van der Waals surface area contributed by atoms with Crippen LogP contribution in [0.25, 0.3) is 0 Å². The first-order valence-electron chi connectivity index (χ1n) is 28.3. The van der Waals surface area contributed by atoms with Gasteiger partial charge in [0.25, 0.3) is 0 Å². The van der Waals surface area contributed by atoms with Gasteiger partial charge in [-0.2, -0.15) is 0 Å². The fourth-order valence-electron chi connectivity index (χ4n) is 31.0. The highest BCUT2D eigenvalue weighted by Gasteiger charge is 3.18. The van der Waals surface area contributed by atoms with Gasteiger partial charge < -0.3 is 0 Å². The van der Waals surface area contributed by atoms with Crippen LogP contribution >= 0.6 is 0 Å². The van der Waals surface area contributed by atoms with Crippen LogP contribution in [-0.2, 0) is 0 Å². The molecule has 330 valence electrons. The summed E-state index contributed by atoms with van der Waals surface area (Å²) in [7, 11) is -10.0. The van der Waals surface area contributed by atoms with Gasteiger partial charge in [-0.3, -0.25) is 0 Å². The molecule has 0 unspecified atom stereocenters. The summed E-state index contributed by atoms with van der Waals surface area (Å²) >= 11 is 0. The van der Waals surface area contributed by atoms with E-state index in [0.29, 0.717) is 10.1 Å². The molecule has 20 bridgehead atoms. The molecule has 6 heterocycles. The fraction of sp³-hybridized carbons (Fsp3) is 1.00. The van der Waals surface area contributed by atoms with E-state index in [-0.39, 0.29) is 0 Å². The minimum Gasteiger partial charge on any atom is -0.0709 e. The first-order chi connectivity index (χ1) is 28.3. The summed E-state index contributed by atoms with van der Waals surface area (Å²) in [4.78, 5) is 0. The summed E-state index contributed by atoms with van der Waals surface area (Å²) < 4.78 is 4.32. The van der Waals surface area contributed by atoms with Crippen molar-refractivity contribution in [2.24, 2.45) is 94.7 Å². The van der Waals surface area contributed by atoms with Crippen LogP contribution in [0.2, 0.25) is 66.2 Å². The molecule has 6 saturated heterocycles. The predicted molar refractivity (Wildman–Crippen MR) is 266 cm³/mol. The zero-order valence-corrected chi connectivity index (χ0v) is 46.8. The van der Waals surface area contributed by atoms with E-state index in [1.54, 1.807) is 25.7 Å². The Morgan fingerprint density at radius 2 is 0.467 bits per heavy atom. The summed E-state index contributed by atoms with van der Waals surface area (Å²) in [6, 6.07) is 0. The van der Waals surface area contributed by atoms with Crippen molar-refractivity contribution in [2.45, 2.75) is 236 Å². The van der Waals surface area contributed by atoms with Crippen LogP contribution in [-0.4, -0.2) is 45.5 Å². The molecule has 0 N–H and O–H groups in total. The van der Waals surface area contributed by atoms with Gasteiger partial charge in [-0.05, 0) is 252 Å². The summed E-state index contributed by atoms with van der Waals surface area (Å²) in [6.45, 7) is 30.7.